The molecule has 0 atom stereocenters. The molecule has 0 radical (unpaired) electrons. The van der Waals surface area contributed by atoms with Gasteiger partial charge in [-0.05, 0) is 31.4 Å². The highest BCUT2D eigenvalue weighted by Crippen LogP contribution is 2.19. The van der Waals surface area contributed by atoms with Gasteiger partial charge in [0.25, 0.3) is 0 Å². The average Bonchev–Trinajstić information content (AvgIpc) is 3.44. The van der Waals surface area contributed by atoms with Crippen LogP contribution < -0.4 is 15.4 Å². The molecule has 0 saturated heterocycles. The zero-order chi connectivity index (χ0) is 16.6. The second-order valence-corrected chi connectivity index (χ2v) is 5.86. The first-order chi connectivity index (χ1) is 11.8. The molecule has 0 amide bonds. The molecule has 0 bridgehead atoms. The van der Waals surface area contributed by atoms with Gasteiger partial charge in [0, 0.05) is 24.3 Å². The van der Waals surface area contributed by atoms with Gasteiger partial charge in [-0.25, -0.2) is 9.98 Å². The van der Waals surface area contributed by atoms with Crippen molar-refractivity contribution < 1.29 is 4.74 Å². The summed E-state index contributed by atoms with van der Waals surface area (Å²) < 4.78 is 5.89. The second kappa shape index (κ2) is 10.2. The van der Waals surface area contributed by atoms with Crippen LogP contribution in [-0.2, 0) is 13.2 Å². The highest BCUT2D eigenvalue weighted by Gasteiger charge is 2.22. The lowest BCUT2D eigenvalue weighted by molar-refractivity contribution is 0.290. The van der Waals surface area contributed by atoms with Crippen molar-refractivity contribution in [3.05, 3.63) is 59.8 Å². The summed E-state index contributed by atoms with van der Waals surface area (Å²) in [5.74, 6) is 1.50. The molecule has 0 spiro atoms. The Balaban J connectivity index is 0.00000225. The van der Waals surface area contributed by atoms with Crippen LogP contribution >= 0.6 is 24.0 Å². The van der Waals surface area contributed by atoms with E-state index in [1.807, 2.05) is 42.5 Å². The Morgan fingerprint density at radius 2 is 2.00 bits per heavy atom. The molecule has 2 aromatic rings. The van der Waals surface area contributed by atoms with Crippen molar-refractivity contribution >= 4 is 29.9 Å². The van der Waals surface area contributed by atoms with Gasteiger partial charge in [-0.1, -0.05) is 36.4 Å². The van der Waals surface area contributed by atoms with E-state index < -0.39 is 0 Å². The fraction of sp³-hybridized carbons (Fsp3) is 0.368. The molecule has 0 unspecified atom stereocenters. The number of nitrogens with one attached hydrogen (secondary N) is 2. The molecule has 6 heteroatoms. The van der Waals surface area contributed by atoms with Gasteiger partial charge in [0.2, 0.25) is 5.88 Å². The van der Waals surface area contributed by atoms with Crippen LogP contribution in [0.5, 0.6) is 5.88 Å². The van der Waals surface area contributed by atoms with E-state index in [1.54, 1.807) is 6.20 Å². The monoisotopic (exact) mass is 452 g/mol. The van der Waals surface area contributed by atoms with Gasteiger partial charge in [0.1, 0.15) is 6.61 Å². The van der Waals surface area contributed by atoms with E-state index in [-0.39, 0.29) is 24.0 Å². The third-order valence-corrected chi connectivity index (χ3v) is 3.74. The molecule has 134 valence electrons. The van der Waals surface area contributed by atoms with Gasteiger partial charge >= 0.3 is 0 Å². The molecule has 1 saturated carbocycles. The third kappa shape index (κ3) is 6.53. The SMILES string of the molecule is CCNC(=NCc1cccnc1OCc1ccccc1)NC1CC1.I. The van der Waals surface area contributed by atoms with E-state index in [0.29, 0.717) is 25.1 Å². The largest absolute Gasteiger partial charge is 0.473 e. The van der Waals surface area contributed by atoms with Crippen LogP contribution in [0.3, 0.4) is 0 Å². The van der Waals surface area contributed by atoms with Gasteiger partial charge < -0.3 is 15.4 Å². The molecule has 1 aliphatic carbocycles. The van der Waals surface area contributed by atoms with Crippen LogP contribution in [0, 0.1) is 0 Å². The number of aromatic nitrogens is 1. The zero-order valence-electron chi connectivity index (χ0n) is 14.4. The molecule has 1 fully saturated rings. The van der Waals surface area contributed by atoms with E-state index in [1.165, 1.54) is 12.8 Å². The first-order valence-electron chi connectivity index (χ1n) is 8.50. The summed E-state index contributed by atoms with van der Waals surface area (Å²) in [6, 6.07) is 14.6. The van der Waals surface area contributed by atoms with Crippen LogP contribution in [0.15, 0.2) is 53.7 Å². The molecule has 1 heterocycles. The van der Waals surface area contributed by atoms with Crippen LogP contribution in [0.2, 0.25) is 0 Å². The smallest absolute Gasteiger partial charge is 0.218 e. The van der Waals surface area contributed by atoms with Crippen LogP contribution in [-0.4, -0.2) is 23.5 Å². The predicted octanol–water partition coefficient (Wildman–Crippen LogP) is 3.50. The van der Waals surface area contributed by atoms with Gasteiger partial charge in [-0.15, -0.1) is 24.0 Å². The first-order valence-corrected chi connectivity index (χ1v) is 8.50. The van der Waals surface area contributed by atoms with Crippen molar-refractivity contribution in [1.82, 2.24) is 15.6 Å². The lowest BCUT2D eigenvalue weighted by atomic mass is 10.2. The van der Waals surface area contributed by atoms with Crippen molar-refractivity contribution in [2.75, 3.05) is 6.54 Å². The van der Waals surface area contributed by atoms with Crippen LogP contribution in [0.1, 0.15) is 30.9 Å². The maximum absolute atomic E-state index is 5.89. The number of benzene rings is 1. The molecule has 3 rings (SSSR count). The molecule has 1 aromatic heterocycles. The summed E-state index contributed by atoms with van der Waals surface area (Å²) in [4.78, 5) is 9.01. The quantitative estimate of drug-likeness (QED) is 0.384. The van der Waals surface area contributed by atoms with Crippen LogP contribution in [0.4, 0.5) is 0 Å². The predicted molar refractivity (Wildman–Crippen MR) is 111 cm³/mol. The summed E-state index contributed by atoms with van der Waals surface area (Å²) in [5.41, 5.74) is 2.11. The minimum atomic E-state index is 0. The van der Waals surface area contributed by atoms with Gasteiger partial charge in [-0.3, -0.25) is 0 Å². The average molecular weight is 452 g/mol. The molecule has 1 aromatic carbocycles. The number of aliphatic imine (C=N–C) groups is 1. The second-order valence-electron chi connectivity index (χ2n) is 5.86. The molecule has 1 aliphatic rings. The molecule has 5 nitrogen and oxygen atoms in total. The Labute approximate surface area is 166 Å². The van der Waals surface area contributed by atoms with Gasteiger partial charge in [0.05, 0.1) is 6.54 Å². The Morgan fingerprint density at radius 1 is 1.20 bits per heavy atom. The Bertz CT molecular complexity index is 674. The van der Waals surface area contributed by atoms with Crippen molar-refractivity contribution in [2.45, 2.75) is 39.0 Å². The minimum Gasteiger partial charge on any atom is -0.473 e. The van der Waals surface area contributed by atoms with Gasteiger partial charge in [0.15, 0.2) is 5.96 Å². The van der Waals surface area contributed by atoms with E-state index in [9.17, 15) is 0 Å². The Kier molecular flexibility index (Phi) is 7.97. The number of pyridine rings is 1. The summed E-state index contributed by atoms with van der Waals surface area (Å²) >= 11 is 0. The lowest BCUT2D eigenvalue weighted by Gasteiger charge is -2.12. The lowest BCUT2D eigenvalue weighted by Crippen LogP contribution is -2.38. The van der Waals surface area contributed by atoms with Crippen molar-refractivity contribution in [2.24, 2.45) is 4.99 Å². The van der Waals surface area contributed by atoms with Crippen molar-refractivity contribution in [3.8, 4) is 5.88 Å². The van der Waals surface area contributed by atoms with E-state index in [0.717, 1.165) is 23.6 Å². The van der Waals surface area contributed by atoms with Crippen LogP contribution in [0.25, 0.3) is 0 Å². The van der Waals surface area contributed by atoms with E-state index >= 15 is 0 Å². The number of guanidine groups is 1. The molecule has 25 heavy (non-hydrogen) atoms. The number of ether oxygens (including phenoxy) is 1. The maximum Gasteiger partial charge on any atom is 0.218 e. The van der Waals surface area contributed by atoms with E-state index in [2.05, 4.69) is 27.5 Å². The number of hydrogen-bond donors (Lipinski definition) is 2. The molecular weight excluding hydrogens is 427 g/mol. The molecular formula is C19H25IN4O. The topological polar surface area (TPSA) is 58.5 Å². The summed E-state index contributed by atoms with van der Waals surface area (Å²) in [7, 11) is 0. The standard InChI is InChI=1S/C19H24N4O.HI/c1-2-20-19(23-17-10-11-17)22-13-16-9-6-12-21-18(16)24-14-15-7-4-3-5-8-15;/h3-9,12,17H,2,10-11,13-14H2,1H3,(H2,20,22,23);1H. The highest BCUT2D eigenvalue weighted by atomic mass is 127. The Hall–Kier alpha value is -1.83. The van der Waals surface area contributed by atoms with Crippen molar-refractivity contribution in [1.29, 1.82) is 0 Å². The zero-order valence-corrected chi connectivity index (χ0v) is 16.8. The normalized spacial score (nSPS) is 13.7. The van der Waals surface area contributed by atoms with E-state index in [4.69, 9.17) is 4.74 Å². The van der Waals surface area contributed by atoms with Gasteiger partial charge in [-0.2, -0.15) is 0 Å². The summed E-state index contributed by atoms with van der Waals surface area (Å²) in [5, 5.41) is 6.70. The molecule has 0 aliphatic heterocycles. The molecule has 2 N–H and O–H groups in total. The summed E-state index contributed by atoms with van der Waals surface area (Å²) in [6.45, 7) is 3.97. The number of hydrogen-bond acceptors (Lipinski definition) is 3. The fourth-order valence-electron chi connectivity index (χ4n) is 2.31. The number of halogens is 1. The third-order valence-electron chi connectivity index (χ3n) is 3.74. The first kappa shape index (κ1) is 19.5. The number of rotatable bonds is 7. The number of nitrogens with zero attached hydrogens (tertiary/aromatic N) is 2. The minimum absolute atomic E-state index is 0. The Morgan fingerprint density at radius 3 is 2.72 bits per heavy atom. The highest BCUT2D eigenvalue weighted by molar-refractivity contribution is 14.0. The summed E-state index contributed by atoms with van der Waals surface area (Å²) in [6.07, 6.45) is 4.20. The maximum atomic E-state index is 5.89. The fourth-order valence-corrected chi connectivity index (χ4v) is 2.31. The van der Waals surface area contributed by atoms with Crippen molar-refractivity contribution in [3.63, 3.8) is 0 Å².